The maximum atomic E-state index is 12.3. The van der Waals surface area contributed by atoms with Crippen molar-refractivity contribution in [2.45, 2.75) is 92.9 Å². The van der Waals surface area contributed by atoms with E-state index in [1.54, 1.807) is 0 Å². The fourth-order valence-electron chi connectivity index (χ4n) is 2.95. The first-order chi connectivity index (χ1) is 11.8. The fraction of sp³-hybridized carbons (Fsp3) is 0.905. The smallest absolute Gasteiger partial charge is 0.223 e. The van der Waals surface area contributed by atoms with Gasteiger partial charge >= 0.3 is 0 Å². The Balaban J connectivity index is 4.34. The molecule has 0 aliphatic heterocycles. The molecule has 0 aromatic heterocycles. The van der Waals surface area contributed by atoms with E-state index in [9.17, 15) is 9.59 Å². The predicted molar refractivity (Wildman–Crippen MR) is 106 cm³/mol. The molecule has 4 nitrogen and oxygen atoms in total. The van der Waals surface area contributed by atoms with Gasteiger partial charge in [-0.1, -0.05) is 67.2 Å². The molecule has 0 spiro atoms. The lowest BCUT2D eigenvalue weighted by Gasteiger charge is -2.27. The van der Waals surface area contributed by atoms with Crippen LogP contribution < -0.4 is 10.6 Å². The molecule has 0 heterocycles. The van der Waals surface area contributed by atoms with Gasteiger partial charge in [0.15, 0.2) is 0 Å². The zero-order chi connectivity index (χ0) is 19.3. The van der Waals surface area contributed by atoms with Crippen LogP contribution in [0.3, 0.4) is 0 Å². The number of hydrogen-bond donors (Lipinski definition) is 2. The number of amides is 2. The Morgan fingerprint density at radius 2 is 1.12 bits per heavy atom. The van der Waals surface area contributed by atoms with Crippen molar-refractivity contribution in [2.75, 3.05) is 13.1 Å². The van der Waals surface area contributed by atoms with E-state index in [4.69, 9.17) is 0 Å². The lowest BCUT2D eigenvalue weighted by Crippen LogP contribution is -2.44. The van der Waals surface area contributed by atoms with E-state index in [0.29, 0.717) is 13.1 Å². The second-order valence-electron chi connectivity index (χ2n) is 8.09. The lowest BCUT2D eigenvalue weighted by atomic mass is 9.91. The summed E-state index contributed by atoms with van der Waals surface area (Å²) in [4.78, 5) is 24.7. The summed E-state index contributed by atoms with van der Waals surface area (Å²) in [5.74, 6) is 0.544. The van der Waals surface area contributed by atoms with Crippen molar-refractivity contribution < 1.29 is 9.59 Å². The molecule has 25 heavy (non-hydrogen) atoms. The Morgan fingerprint density at radius 3 is 1.40 bits per heavy atom. The van der Waals surface area contributed by atoms with Crippen LogP contribution in [0.15, 0.2) is 0 Å². The average molecular weight is 355 g/mol. The van der Waals surface area contributed by atoms with Crippen LogP contribution in [-0.2, 0) is 9.59 Å². The average Bonchev–Trinajstić information content (AvgIpc) is 2.59. The highest BCUT2D eigenvalue weighted by Crippen LogP contribution is 2.17. The third-order valence-corrected chi connectivity index (χ3v) is 5.02. The van der Waals surface area contributed by atoms with Crippen LogP contribution in [0.5, 0.6) is 0 Å². The first kappa shape index (κ1) is 23.9. The predicted octanol–water partition coefficient (Wildman–Crippen LogP) is 4.68. The second-order valence-corrected chi connectivity index (χ2v) is 8.09. The highest BCUT2D eigenvalue weighted by molar-refractivity contribution is 5.79. The summed E-state index contributed by atoms with van der Waals surface area (Å²) in [5.41, 5.74) is -0.141. The zero-order valence-corrected chi connectivity index (χ0v) is 17.5. The van der Waals surface area contributed by atoms with E-state index >= 15 is 0 Å². The van der Waals surface area contributed by atoms with Crippen molar-refractivity contribution >= 4 is 11.8 Å². The van der Waals surface area contributed by atoms with Gasteiger partial charge in [0, 0.05) is 24.9 Å². The van der Waals surface area contributed by atoms with E-state index in [2.05, 4.69) is 52.2 Å². The van der Waals surface area contributed by atoms with E-state index in [-0.39, 0.29) is 29.1 Å². The number of unbranched alkanes of at least 4 members (excludes halogenated alkanes) is 2. The molecule has 4 heteroatoms. The normalized spacial score (nSPS) is 14.0. The summed E-state index contributed by atoms with van der Waals surface area (Å²) in [7, 11) is 0. The van der Waals surface area contributed by atoms with Crippen LogP contribution in [0.4, 0.5) is 0 Å². The van der Waals surface area contributed by atoms with Gasteiger partial charge < -0.3 is 10.6 Å². The van der Waals surface area contributed by atoms with Gasteiger partial charge in [0.2, 0.25) is 11.8 Å². The topological polar surface area (TPSA) is 58.2 Å². The summed E-state index contributed by atoms with van der Waals surface area (Å²) in [6.45, 7) is 13.8. The molecule has 0 aliphatic carbocycles. The Labute approximate surface area is 155 Å². The summed E-state index contributed by atoms with van der Waals surface area (Å²) in [6, 6.07) is 0. The molecule has 0 aromatic carbocycles. The number of carbonyl (C=O) groups is 2. The first-order valence-corrected chi connectivity index (χ1v) is 10.4. The molecule has 0 aliphatic rings. The van der Waals surface area contributed by atoms with Crippen molar-refractivity contribution in [2.24, 2.45) is 17.3 Å². The Morgan fingerprint density at radius 1 is 0.760 bits per heavy atom. The molecule has 2 N–H and O–H groups in total. The highest BCUT2D eigenvalue weighted by Gasteiger charge is 2.24. The van der Waals surface area contributed by atoms with E-state index < -0.39 is 0 Å². The van der Waals surface area contributed by atoms with Crippen molar-refractivity contribution in [3.05, 3.63) is 0 Å². The van der Waals surface area contributed by atoms with Crippen LogP contribution in [0.2, 0.25) is 0 Å². The standard InChI is InChI=1S/C21H42N2O2/c1-7-11-13-17(9-3)19(24)22-15-21(5,6)16-23-20(25)18(10-4)14-12-8-2/h17-18H,7-16H2,1-6H3,(H,22,24)(H,23,25)/t17-,18-/m0/s1. The first-order valence-electron chi connectivity index (χ1n) is 10.4. The highest BCUT2D eigenvalue weighted by atomic mass is 16.2. The molecule has 0 saturated heterocycles. The molecule has 148 valence electrons. The summed E-state index contributed by atoms with van der Waals surface area (Å²) in [6.07, 6.45) is 8.15. The fourth-order valence-corrected chi connectivity index (χ4v) is 2.95. The molecule has 0 saturated carbocycles. The third-order valence-electron chi connectivity index (χ3n) is 5.02. The van der Waals surface area contributed by atoms with E-state index in [1.807, 2.05) is 0 Å². The van der Waals surface area contributed by atoms with Crippen molar-refractivity contribution in [1.82, 2.24) is 10.6 Å². The minimum absolute atomic E-state index is 0.115. The summed E-state index contributed by atoms with van der Waals surface area (Å²) in [5, 5.41) is 6.19. The molecule has 0 aromatic rings. The van der Waals surface area contributed by atoms with Crippen LogP contribution in [0.1, 0.15) is 92.9 Å². The Kier molecular flexibility index (Phi) is 12.6. The molecule has 0 rings (SSSR count). The summed E-state index contributed by atoms with van der Waals surface area (Å²) < 4.78 is 0. The number of carbonyl (C=O) groups excluding carboxylic acids is 2. The molecule has 0 bridgehead atoms. The number of rotatable bonds is 14. The largest absolute Gasteiger partial charge is 0.355 e. The maximum Gasteiger partial charge on any atom is 0.223 e. The molecule has 2 amide bonds. The van der Waals surface area contributed by atoms with E-state index in [1.165, 1.54) is 0 Å². The molecule has 0 fully saturated rings. The maximum absolute atomic E-state index is 12.3. The van der Waals surface area contributed by atoms with Gasteiger partial charge in [-0.3, -0.25) is 9.59 Å². The molecule has 0 radical (unpaired) electrons. The van der Waals surface area contributed by atoms with Gasteiger partial charge in [-0.15, -0.1) is 0 Å². The minimum Gasteiger partial charge on any atom is -0.355 e. The van der Waals surface area contributed by atoms with Gasteiger partial charge in [0.25, 0.3) is 0 Å². The summed E-state index contributed by atoms with van der Waals surface area (Å²) >= 11 is 0. The van der Waals surface area contributed by atoms with Crippen molar-refractivity contribution in [1.29, 1.82) is 0 Å². The third kappa shape index (κ3) is 10.5. The second kappa shape index (κ2) is 13.2. The van der Waals surface area contributed by atoms with Gasteiger partial charge in [-0.25, -0.2) is 0 Å². The lowest BCUT2D eigenvalue weighted by molar-refractivity contribution is -0.125. The van der Waals surface area contributed by atoms with Crippen LogP contribution in [0.25, 0.3) is 0 Å². The monoisotopic (exact) mass is 354 g/mol. The van der Waals surface area contributed by atoms with Crippen molar-refractivity contribution in [3.63, 3.8) is 0 Å². The molecular formula is C21H42N2O2. The van der Waals surface area contributed by atoms with Gasteiger partial charge in [-0.2, -0.15) is 0 Å². The quantitative estimate of drug-likeness (QED) is 0.476. The van der Waals surface area contributed by atoms with Crippen molar-refractivity contribution in [3.8, 4) is 0 Å². The molecule has 0 unspecified atom stereocenters. The van der Waals surface area contributed by atoms with Crippen LogP contribution in [-0.4, -0.2) is 24.9 Å². The number of nitrogens with one attached hydrogen (secondary N) is 2. The SMILES string of the molecule is CCCC[C@H](CC)C(=O)NCC(C)(C)CNC(=O)[C@@H](CC)CCCC. The number of hydrogen-bond acceptors (Lipinski definition) is 2. The van der Waals surface area contributed by atoms with Gasteiger partial charge in [0.05, 0.1) is 0 Å². The molecular weight excluding hydrogens is 312 g/mol. The van der Waals surface area contributed by atoms with Crippen LogP contribution >= 0.6 is 0 Å². The zero-order valence-electron chi connectivity index (χ0n) is 17.5. The Hall–Kier alpha value is -1.06. The van der Waals surface area contributed by atoms with Gasteiger partial charge in [-0.05, 0) is 31.1 Å². The van der Waals surface area contributed by atoms with E-state index in [0.717, 1.165) is 51.4 Å². The van der Waals surface area contributed by atoms with Gasteiger partial charge in [0.1, 0.15) is 0 Å². The molecule has 2 atom stereocenters. The van der Waals surface area contributed by atoms with Crippen LogP contribution in [0, 0.1) is 17.3 Å². The minimum atomic E-state index is -0.141. The Bertz CT molecular complexity index is 346.